The van der Waals surface area contributed by atoms with Crippen LogP contribution in [-0.2, 0) is 9.59 Å². The first kappa shape index (κ1) is 17.6. The first-order chi connectivity index (χ1) is 13.1. The molecule has 0 spiro atoms. The van der Waals surface area contributed by atoms with Gasteiger partial charge in [-0.1, -0.05) is 6.07 Å². The number of carbonyl (C=O) groups is 2. The second-order valence-electron chi connectivity index (χ2n) is 7.27. The van der Waals surface area contributed by atoms with E-state index < -0.39 is 0 Å². The number of hydrogen-bond acceptors (Lipinski definition) is 3. The van der Waals surface area contributed by atoms with Crippen LogP contribution in [-0.4, -0.2) is 41.3 Å². The third-order valence-electron chi connectivity index (χ3n) is 5.58. The first-order valence-electron chi connectivity index (χ1n) is 9.36. The van der Waals surface area contributed by atoms with Crippen molar-refractivity contribution < 1.29 is 14.0 Å². The highest BCUT2D eigenvalue weighted by molar-refractivity contribution is 6.00. The average molecular weight is 367 g/mol. The molecule has 0 saturated carbocycles. The molecule has 3 heterocycles. The maximum absolute atomic E-state index is 13.5. The van der Waals surface area contributed by atoms with E-state index in [1.54, 1.807) is 24.5 Å². The quantitative estimate of drug-likeness (QED) is 0.838. The Morgan fingerprint density at radius 3 is 2.56 bits per heavy atom. The summed E-state index contributed by atoms with van der Waals surface area (Å²) < 4.78 is 13.5. The van der Waals surface area contributed by atoms with Crippen LogP contribution in [0, 0.1) is 11.7 Å². The van der Waals surface area contributed by atoms with Gasteiger partial charge in [0.1, 0.15) is 5.82 Å². The van der Waals surface area contributed by atoms with Gasteiger partial charge in [-0.3, -0.25) is 14.6 Å². The number of likely N-dealkylation sites (tertiary alicyclic amines) is 1. The van der Waals surface area contributed by atoms with E-state index in [0.29, 0.717) is 31.2 Å². The molecule has 4 rings (SSSR count). The zero-order chi connectivity index (χ0) is 18.8. The van der Waals surface area contributed by atoms with Gasteiger partial charge in [0, 0.05) is 44.1 Å². The zero-order valence-electron chi connectivity index (χ0n) is 15.1. The number of halogens is 1. The van der Waals surface area contributed by atoms with Crippen molar-refractivity contribution in [2.45, 2.75) is 25.2 Å². The molecule has 0 bridgehead atoms. The lowest BCUT2D eigenvalue weighted by molar-refractivity contribution is -0.136. The number of piperidine rings is 1. The maximum atomic E-state index is 13.5. The van der Waals surface area contributed by atoms with E-state index in [9.17, 15) is 14.0 Å². The van der Waals surface area contributed by atoms with Crippen molar-refractivity contribution in [3.63, 3.8) is 0 Å². The number of nitrogens with zero attached hydrogens (tertiary/aromatic N) is 3. The van der Waals surface area contributed by atoms with Crippen LogP contribution in [0.15, 0.2) is 48.8 Å². The Kier molecular flexibility index (Phi) is 4.88. The minimum Gasteiger partial charge on any atom is -0.342 e. The summed E-state index contributed by atoms with van der Waals surface area (Å²) >= 11 is 0. The molecule has 2 fully saturated rings. The third kappa shape index (κ3) is 3.70. The van der Waals surface area contributed by atoms with Crippen LogP contribution in [0.3, 0.4) is 0 Å². The molecule has 0 aliphatic carbocycles. The summed E-state index contributed by atoms with van der Waals surface area (Å²) in [5.41, 5.74) is 1.79. The Morgan fingerprint density at radius 1 is 1.11 bits per heavy atom. The molecule has 1 aromatic carbocycles. The highest BCUT2D eigenvalue weighted by atomic mass is 19.1. The molecule has 1 atom stereocenters. The van der Waals surface area contributed by atoms with Crippen molar-refractivity contribution >= 4 is 17.5 Å². The van der Waals surface area contributed by atoms with Crippen molar-refractivity contribution in [3.8, 4) is 0 Å². The molecule has 1 unspecified atom stereocenters. The molecule has 2 amide bonds. The molecular formula is C21H22FN3O2. The molecule has 2 saturated heterocycles. The molecule has 2 aliphatic rings. The van der Waals surface area contributed by atoms with Gasteiger partial charge < -0.3 is 9.80 Å². The van der Waals surface area contributed by atoms with Gasteiger partial charge in [0.25, 0.3) is 0 Å². The molecule has 5 nitrogen and oxygen atoms in total. The van der Waals surface area contributed by atoms with Crippen molar-refractivity contribution in [2.75, 3.05) is 24.5 Å². The van der Waals surface area contributed by atoms with Crippen LogP contribution in [0.2, 0.25) is 0 Å². The van der Waals surface area contributed by atoms with Crippen molar-refractivity contribution in [2.24, 2.45) is 5.92 Å². The van der Waals surface area contributed by atoms with E-state index in [1.165, 1.54) is 22.6 Å². The number of hydrogen-bond donors (Lipinski definition) is 0. The minimum absolute atomic E-state index is 0.0374. The molecule has 2 aromatic rings. The second-order valence-corrected chi connectivity index (χ2v) is 7.27. The number of rotatable bonds is 3. The third-order valence-corrected chi connectivity index (χ3v) is 5.58. The van der Waals surface area contributed by atoms with E-state index in [4.69, 9.17) is 0 Å². The fraction of sp³-hybridized carbons (Fsp3) is 0.381. The summed E-state index contributed by atoms with van der Waals surface area (Å²) in [4.78, 5) is 32.7. The van der Waals surface area contributed by atoms with Gasteiger partial charge in [0.05, 0.1) is 5.92 Å². The van der Waals surface area contributed by atoms with Gasteiger partial charge in [-0.2, -0.15) is 0 Å². The van der Waals surface area contributed by atoms with Crippen LogP contribution in [0.4, 0.5) is 10.1 Å². The predicted molar refractivity (Wildman–Crippen MR) is 99.7 cm³/mol. The van der Waals surface area contributed by atoms with Crippen LogP contribution < -0.4 is 4.90 Å². The number of anilines is 1. The summed E-state index contributed by atoms with van der Waals surface area (Å²) in [5, 5.41) is 0. The van der Waals surface area contributed by atoms with Crippen LogP contribution >= 0.6 is 0 Å². The largest absolute Gasteiger partial charge is 0.342 e. The minimum atomic E-state index is -0.381. The van der Waals surface area contributed by atoms with Crippen molar-refractivity contribution in [3.05, 3.63) is 60.2 Å². The monoisotopic (exact) mass is 367 g/mol. The topological polar surface area (TPSA) is 53.5 Å². The summed E-state index contributed by atoms with van der Waals surface area (Å²) in [6.45, 7) is 1.73. The average Bonchev–Trinajstić information content (AvgIpc) is 3.10. The normalized spacial score (nSPS) is 20.9. The fourth-order valence-corrected chi connectivity index (χ4v) is 4.09. The predicted octanol–water partition coefficient (Wildman–Crippen LogP) is 2.98. The molecule has 2 aliphatic heterocycles. The smallest absolute Gasteiger partial charge is 0.228 e. The van der Waals surface area contributed by atoms with Gasteiger partial charge in [-0.05, 0) is 54.7 Å². The summed E-state index contributed by atoms with van der Waals surface area (Å²) in [6.07, 6.45) is 5.64. The second kappa shape index (κ2) is 7.47. The highest BCUT2D eigenvalue weighted by Gasteiger charge is 2.38. The van der Waals surface area contributed by atoms with Crippen LogP contribution in [0.1, 0.15) is 30.7 Å². The van der Waals surface area contributed by atoms with E-state index in [1.807, 2.05) is 17.0 Å². The molecule has 6 heteroatoms. The van der Waals surface area contributed by atoms with Crippen LogP contribution in [0.25, 0.3) is 0 Å². The number of amides is 2. The number of carbonyl (C=O) groups excluding carboxylic acids is 2. The summed E-state index contributed by atoms with van der Waals surface area (Å²) in [5.74, 6) is -0.362. The van der Waals surface area contributed by atoms with Crippen LogP contribution in [0.5, 0.6) is 0 Å². The Labute approximate surface area is 157 Å². The van der Waals surface area contributed by atoms with Gasteiger partial charge >= 0.3 is 0 Å². The number of pyridine rings is 1. The molecule has 1 aromatic heterocycles. The number of benzene rings is 1. The Bertz CT molecular complexity index is 834. The Morgan fingerprint density at radius 2 is 1.85 bits per heavy atom. The fourth-order valence-electron chi connectivity index (χ4n) is 4.09. The lowest BCUT2D eigenvalue weighted by atomic mass is 9.89. The lowest BCUT2D eigenvalue weighted by Crippen LogP contribution is -2.42. The first-order valence-corrected chi connectivity index (χ1v) is 9.36. The van der Waals surface area contributed by atoms with E-state index in [0.717, 1.165) is 12.8 Å². The van der Waals surface area contributed by atoms with Gasteiger partial charge in [-0.15, -0.1) is 0 Å². The zero-order valence-corrected chi connectivity index (χ0v) is 15.1. The molecule has 27 heavy (non-hydrogen) atoms. The van der Waals surface area contributed by atoms with Crippen molar-refractivity contribution in [1.29, 1.82) is 0 Å². The maximum Gasteiger partial charge on any atom is 0.228 e. The molecule has 140 valence electrons. The van der Waals surface area contributed by atoms with E-state index >= 15 is 0 Å². The SMILES string of the molecule is O=C(C1CC(=O)N(c2cccc(F)c2)C1)N1CCC(c2ccncc2)CC1. The van der Waals surface area contributed by atoms with Gasteiger partial charge in [-0.25, -0.2) is 4.39 Å². The molecule has 0 radical (unpaired) electrons. The number of aromatic nitrogens is 1. The summed E-state index contributed by atoms with van der Waals surface area (Å²) in [6, 6.07) is 10.0. The van der Waals surface area contributed by atoms with E-state index in [-0.39, 0.29) is 30.0 Å². The van der Waals surface area contributed by atoms with Crippen molar-refractivity contribution in [1.82, 2.24) is 9.88 Å². The van der Waals surface area contributed by atoms with Gasteiger partial charge in [0.2, 0.25) is 11.8 Å². The van der Waals surface area contributed by atoms with E-state index in [2.05, 4.69) is 4.98 Å². The lowest BCUT2D eigenvalue weighted by Gasteiger charge is -2.33. The summed E-state index contributed by atoms with van der Waals surface area (Å²) in [7, 11) is 0. The molecule has 0 N–H and O–H groups in total. The van der Waals surface area contributed by atoms with Gasteiger partial charge in [0.15, 0.2) is 0 Å². The highest BCUT2D eigenvalue weighted by Crippen LogP contribution is 2.31. The Balaban J connectivity index is 1.37. The molecular weight excluding hydrogens is 345 g/mol. The Hall–Kier alpha value is -2.76. The standard InChI is InChI=1S/C21H22FN3O2/c22-18-2-1-3-19(13-18)25-14-17(12-20(25)26)21(27)24-10-6-16(7-11-24)15-4-8-23-9-5-15/h1-5,8-9,13,16-17H,6-7,10-12,14H2.